The van der Waals surface area contributed by atoms with Gasteiger partial charge in [0.05, 0.1) is 4.90 Å². The average Bonchev–Trinajstić information content (AvgIpc) is 2.77. The lowest BCUT2D eigenvalue weighted by molar-refractivity contribution is -0.140. The Labute approximate surface area is 185 Å². The van der Waals surface area contributed by atoms with Gasteiger partial charge in [-0.25, -0.2) is 12.7 Å². The minimum Gasteiger partial charge on any atom is -0.357 e. The molecule has 2 aromatic rings. The molecule has 31 heavy (non-hydrogen) atoms. The molecule has 0 heterocycles. The second-order valence-electron chi connectivity index (χ2n) is 7.54. The Morgan fingerprint density at radius 2 is 1.65 bits per heavy atom. The predicted molar refractivity (Wildman–Crippen MR) is 121 cm³/mol. The lowest BCUT2D eigenvalue weighted by Crippen LogP contribution is -2.46. The molecule has 1 atom stereocenters. The second-order valence-corrected chi connectivity index (χ2v) is 9.59. The summed E-state index contributed by atoms with van der Waals surface area (Å²) in [6.45, 7) is 4.19. The van der Waals surface area contributed by atoms with E-state index < -0.39 is 16.1 Å². The number of carbonyl (C=O) groups is 2. The first-order valence-electron chi connectivity index (χ1n) is 10.2. The molecule has 0 saturated heterocycles. The minimum absolute atomic E-state index is 0.141. The van der Waals surface area contributed by atoms with E-state index in [4.69, 9.17) is 0 Å². The molecule has 0 unspecified atom stereocenters. The van der Waals surface area contributed by atoms with Crippen LogP contribution >= 0.6 is 0 Å². The molecule has 0 saturated carbocycles. The van der Waals surface area contributed by atoms with Gasteiger partial charge in [-0.15, -0.1) is 0 Å². The van der Waals surface area contributed by atoms with Crippen LogP contribution < -0.4 is 5.32 Å². The summed E-state index contributed by atoms with van der Waals surface area (Å²) in [5.74, 6) is -0.439. The third-order valence-corrected chi connectivity index (χ3v) is 7.07. The number of benzene rings is 2. The van der Waals surface area contributed by atoms with Crippen LogP contribution in [0.25, 0.3) is 0 Å². The van der Waals surface area contributed by atoms with E-state index in [1.54, 1.807) is 37.3 Å². The molecular weight excluding hydrogens is 414 g/mol. The maximum absolute atomic E-state index is 13.0. The summed E-state index contributed by atoms with van der Waals surface area (Å²) < 4.78 is 26.5. The highest BCUT2D eigenvalue weighted by Crippen LogP contribution is 2.16. The molecule has 0 aliphatic carbocycles. The molecule has 0 fully saturated rings. The number of likely N-dealkylation sites (N-methyl/N-ethyl adjacent to an activating group) is 1. The molecule has 8 heteroatoms. The highest BCUT2D eigenvalue weighted by molar-refractivity contribution is 7.89. The van der Waals surface area contributed by atoms with Gasteiger partial charge in [0.1, 0.15) is 6.04 Å². The van der Waals surface area contributed by atoms with E-state index in [0.29, 0.717) is 13.0 Å². The second kappa shape index (κ2) is 11.1. The monoisotopic (exact) mass is 445 g/mol. The van der Waals surface area contributed by atoms with Crippen molar-refractivity contribution < 1.29 is 18.0 Å². The molecule has 0 bridgehead atoms. The fourth-order valence-electron chi connectivity index (χ4n) is 3.17. The zero-order valence-corrected chi connectivity index (χ0v) is 19.4. The summed E-state index contributed by atoms with van der Waals surface area (Å²) in [7, 11) is -0.557. The summed E-state index contributed by atoms with van der Waals surface area (Å²) in [6, 6.07) is 15.4. The van der Waals surface area contributed by atoms with Crippen LogP contribution in [0.3, 0.4) is 0 Å². The predicted octanol–water partition coefficient (Wildman–Crippen LogP) is 2.56. The molecular formula is C23H31N3O4S. The number of nitrogens with one attached hydrogen (secondary N) is 1. The molecule has 0 spiro atoms. The van der Waals surface area contributed by atoms with E-state index in [9.17, 15) is 18.0 Å². The topological polar surface area (TPSA) is 86.8 Å². The van der Waals surface area contributed by atoms with Crippen LogP contribution in [0.4, 0.5) is 0 Å². The molecule has 0 radical (unpaired) electrons. The first-order valence-corrected chi connectivity index (χ1v) is 11.7. The first kappa shape index (κ1) is 24.6. The SMILES string of the molecule is CNC(=O)[C@@H](C)N(Cc1ccc(C)cc1)C(=O)CCCN(C)S(=O)(=O)c1ccccc1. The van der Waals surface area contributed by atoms with Gasteiger partial charge < -0.3 is 10.2 Å². The molecule has 7 nitrogen and oxygen atoms in total. The van der Waals surface area contributed by atoms with Gasteiger partial charge in [0.15, 0.2) is 0 Å². The quantitative estimate of drug-likeness (QED) is 0.609. The molecule has 168 valence electrons. The van der Waals surface area contributed by atoms with Crippen LogP contribution in [0, 0.1) is 6.92 Å². The maximum Gasteiger partial charge on any atom is 0.242 e. The van der Waals surface area contributed by atoms with Gasteiger partial charge in [0, 0.05) is 33.6 Å². The normalized spacial score (nSPS) is 12.4. The molecule has 0 aliphatic rings. The van der Waals surface area contributed by atoms with Gasteiger partial charge in [-0.05, 0) is 38.0 Å². The van der Waals surface area contributed by atoms with E-state index >= 15 is 0 Å². The van der Waals surface area contributed by atoms with E-state index in [2.05, 4.69) is 5.32 Å². The number of aryl methyl sites for hydroxylation is 1. The zero-order chi connectivity index (χ0) is 23.0. The molecule has 2 amide bonds. The third kappa shape index (κ3) is 6.63. The van der Waals surface area contributed by atoms with Gasteiger partial charge in [-0.1, -0.05) is 48.0 Å². The Balaban J connectivity index is 2.03. The van der Waals surface area contributed by atoms with Gasteiger partial charge in [-0.2, -0.15) is 0 Å². The van der Waals surface area contributed by atoms with Crippen LogP contribution in [0.5, 0.6) is 0 Å². The highest BCUT2D eigenvalue weighted by Gasteiger charge is 2.26. The largest absolute Gasteiger partial charge is 0.357 e. The number of amides is 2. The number of sulfonamides is 1. The van der Waals surface area contributed by atoms with Crippen molar-refractivity contribution in [1.82, 2.24) is 14.5 Å². The Morgan fingerprint density at radius 1 is 1.03 bits per heavy atom. The van der Waals surface area contributed by atoms with Crippen molar-refractivity contribution in [2.24, 2.45) is 0 Å². The van der Waals surface area contributed by atoms with Crippen LogP contribution in [0.15, 0.2) is 59.5 Å². The maximum atomic E-state index is 13.0. The Hall–Kier alpha value is -2.71. The van der Waals surface area contributed by atoms with Crippen molar-refractivity contribution in [3.63, 3.8) is 0 Å². The smallest absolute Gasteiger partial charge is 0.242 e. The molecule has 0 aromatic heterocycles. The molecule has 1 N–H and O–H groups in total. The van der Waals surface area contributed by atoms with Gasteiger partial charge in [-0.3, -0.25) is 9.59 Å². The number of carbonyl (C=O) groups excluding carboxylic acids is 2. The molecule has 2 rings (SSSR count). The van der Waals surface area contributed by atoms with Gasteiger partial charge in [0.2, 0.25) is 21.8 Å². The molecule has 0 aliphatic heterocycles. The summed E-state index contributed by atoms with van der Waals surface area (Å²) in [6.07, 6.45) is 0.494. The number of hydrogen-bond acceptors (Lipinski definition) is 4. The first-order chi connectivity index (χ1) is 14.7. The van der Waals surface area contributed by atoms with E-state index in [0.717, 1.165) is 11.1 Å². The van der Waals surface area contributed by atoms with Crippen molar-refractivity contribution in [3.8, 4) is 0 Å². The standard InChI is InChI=1S/C23H31N3O4S/c1-18-12-14-20(15-13-18)17-26(19(2)23(28)24-3)22(27)11-8-16-25(4)31(29,30)21-9-6-5-7-10-21/h5-7,9-10,12-15,19H,8,11,16-17H2,1-4H3,(H,24,28)/t19-/m1/s1. The lowest BCUT2D eigenvalue weighted by Gasteiger charge is -2.28. The highest BCUT2D eigenvalue weighted by atomic mass is 32.2. The number of rotatable bonds is 10. The van der Waals surface area contributed by atoms with Crippen LogP contribution in [0.1, 0.15) is 30.9 Å². The summed E-state index contributed by atoms with van der Waals surface area (Å²) >= 11 is 0. The fourth-order valence-corrected chi connectivity index (χ4v) is 4.40. The molecule has 2 aromatic carbocycles. The number of hydrogen-bond donors (Lipinski definition) is 1. The van der Waals surface area contributed by atoms with Crippen LogP contribution in [0.2, 0.25) is 0 Å². The third-order valence-electron chi connectivity index (χ3n) is 5.20. The number of nitrogens with zero attached hydrogens (tertiary/aromatic N) is 2. The van der Waals surface area contributed by atoms with Crippen molar-refractivity contribution in [2.45, 2.75) is 44.2 Å². The lowest BCUT2D eigenvalue weighted by atomic mass is 10.1. The Bertz CT molecular complexity index is 976. The van der Waals surface area contributed by atoms with Crippen molar-refractivity contribution in [3.05, 3.63) is 65.7 Å². The minimum atomic E-state index is -3.60. The average molecular weight is 446 g/mol. The summed E-state index contributed by atoms with van der Waals surface area (Å²) in [5, 5.41) is 2.59. The Kier molecular flexibility index (Phi) is 8.76. The van der Waals surface area contributed by atoms with Crippen LogP contribution in [-0.4, -0.2) is 56.1 Å². The van der Waals surface area contributed by atoms with Crippen molar-refractivity contribution >= 4 is 21.8 Å². The summed E-state index contributed by atoms with van der Waals surface area (Å²) in [5.41, 5.74) is 2.04. The van der Waals surface area contributed by atoms with E-state index in [1.807, 2.05) is 31.2 Å². The van der Waals surface area contributed by atoms with Crippen molar-refractivity contribution in [2.75, 3.05) is 20.6 Å². The fraction of sp³-hybridized carbons (Fsp3) is 0.391. The van der Waals surface area contributed by atoms with Crippen LogP contribution in [-0.2, 0) is 26.2 Å². The van der Waals surface area contributed by atoms with Gasteiger partial charge >= 0.3 is 0 Å². The van der Waals surface area contributed by atoms with Crippen molar-refractivity contribution in [1.29, 1.82) is 0 Å². The van der Waals surface area contributed by atoms with Gasteiger partial charge in [0.25, 0.3) is 0 Å². The Morgan fingerprint density at radius 3 is 2.23 bits per heavy atom. The van der Waals surface area contributed by atoms with E-state index in [-0.39, 0.29) is 29.7 Å². The summed E-state index contributed by atoms with van der Waals surface area (Å²) in [4.78, 5) is 26.9. The van der Waals surface area contributed by atoms with E-state index in [1.165, 1.54) is 23.3 Å². The zero-order valence-electron chi connectivity index (χ0n) is 18.5.